The highest BCUT2D eigenvalue weighted by atomic mass is 16.5. The zero-order valence-electron chi connectivity index (χ0n) is 16.4. The second-order valence-electron chi connectivity index (χ2n) is 7.04. The summed E-state index contributed by atoms with van der Waals surface area (Å²) in [6, 6.07) is 5.33. The normalized spacial score (nSPS) is 13.7. The molecule has 28 heavy (non-hydrogen) atoms. The molecule has 0 spiro atoms. The van der Waals surface area contributed by atoms with Gasteiger partial charge in [0.1, 0.15) is 11.3 Å². The number of benzene rings is 1. The third-order valence-corrected chi connectivity index (χ3v) is 5.22. The van der Waals surface area contributed by atoms with E-state index in [-0.39, 0.29) is 18.2 Å². The molecule has 0 atom stereocenters. The van der Waals surface area contributed by atoms with Crippen molar-refractivity contribution in [3.8, 4) is 5.75 Å². The van der Waals surface area contributed by atoms with Gasteiger partial charge in [-0.3, -0.25) is 9.59 Å². The lowest BCUT2D eigenvalue weighted by atomic mass is 10.0. The van der Waals surface area contributed by atoms with Gasteiger partial charge in [0.15, 0.2) is 0 Å². The monoisotopic (exact) mass is 386 g/mol. The molecule has 0 unspecified atom stereocenters. The zero-order valence-corrected chi connectivity index (χ0v) is 16.4. The summed E-state index contributed by atoms with van der Waals surface area (Å²) in [5, 5.41) is 3.59. The number of nitrogens with zero attached hydrogens (tertiary/aromatic N) is 1. The van der Waals surface area contributed by atoms with E-state index < -0.39 is 5.63 Å². The van der Waals surface area contributed by atoms with E-state index in [9.17, 15) is 14.4 Å². The first-order valence-corrected chi connectivity index (χ1v) is 9.64. The van der Waals surface area contributed by atoms with Gasteiger partial charge in [-0.2, -0.15) is 0 Å². The fraction of sp³-hybridized carbons (Fsp3) is 0.476. The molecule has 2 amide bonds. The van der Waals surface area contributed by atoms with Crippen LogP contribution in [0.5, 0.6) is 5.75 Å². The molecule has 2 heterocycles. The third-order valence-electron chi connectivity index (χ3n) is 5.22. The molecule has 7 heteroatoms. The minimum Gasteiger partial charge on any atom is -0.497 e. The SMILES string of the molecule is COc1ccc2c(C)c(CCC(=O)NCCC(=O)N3CCCC3)c(=O)oc2c1. The fourth-order valence-corrected chi connectivity index (χ4v) is 3.55. The lowest BCUT2D eigenvalue weighted by molar-refractivity contribution is -0.130. The maximum Gasteiger partial charge on any atom is 0.339 e. The molecule has 1 aromatic carbocycles. The Morgan fingerprint density at radius 2 is 1.96 bits per heavy atom. The molecule has 7 nitrogen and oxygen atoms in total. The summed E-state index contributed by atoms with van der Waals surface area (Å²) in [5.74, 6) is 0.521. The first-order chi connectivity index (χ1) is 13.5. The van der Waals surface area contributed by atoms with Crippen LogP contribution in [0.4, 0.5) is 0 Å². The van der Waals surface area contributed by atoms with Crippen LogP contribution in [-0.4, -0.2) is 43.5 Å². The number of fused-ring (bicyclic) bond motifs is 1. The van der Waals surface area contributed by atoms with Gasteiger partial charge in [0.2, 0.25) is 11.8 Å². The highest BCUT2D eigenvalue weighted by Gasteiger charge is 2.18. The van der Waals surface area contributed by atoms with Gasteiger partial charge in [-0.25, -0.2) is 4.79 Å². The van der Waals surface area contributed by atoms with Crippen molar-refractivity contribution in [2.75, 3.05) is 26.7 Å². The minimum absolute atomic E-state index is 0.0826. The Labute approximate surface area is 163 Å². The molecule has 1 saturated heterocycles. The smallest absolute Gasteiger partial charge is 0.339 e. The van der Waals surface area contributed by atoms with Gasteiger partial charge in [0, 0.05) is 49.5 Å². The van der Waals surface area contributed by atoms with Crippen LogP contribution in [-0.2, 0) is 16.0 Å². The van der Waals surface area contributed by atoms with E-state index in [2.05, 4.69) is 5.32 Å². The molecule has 1 fully saturated rings. The molecule has 0 aliphatic carbocycles. The fourth-order valence-electron chi connectivity index (χ4n) is 3.55. The van der Waals surface area contributed by atoms with E-state index in [1.54, 1.807) is 13.2 Å². The number of nitrogens with one attached hydrogen (secondary N) is 1. The summed E-state index contributed by atoms with van der Waals surface area (Å²) in [6.07, 6.45) is 2.88. The maximum atomic E-state index is 12.3. The van der Waals surface area contributed by atoms with E-state index in [0.717, 1.165) is 36.9 Å². The highest BCUT2D eigenvalue weighted by molar-refractivity contribution is 5.83. The number of hydrogen-bond acceptors (Lipinski definition) is 5. The van der Waals surface area contributed by atoms with Crippen molar-refractivity contribution in [3.05, 3.63) is 39.7 Å². The molecular formula is C21H26N2O5. The van der Waals surface area contributed by atoms with Crippen molar-refractivity contribution < 1.29 is 18.7 Å². The molecule has 1 aromatic heterocycles. The van der Waals surface area contributed by atoms with Crippen molar-refractivity contribution >= 4 is 22.8 Å². The quantitative estimate of drug-likeness (QED) is 0.737. The van der Waals surface area contributed by atoms with Crippen LogP contribution in [0.25, 0.3) is 11.0 Å². The van der Waals surface area contributed by atoms with Crippen LogP contribution in [0.2, 0.25) is 0 Å². The molecule has 1 N–H and O–H groups in total. The number of hydrogen-bond donors (Lipinski definition) is 1. The summed E-state index contributed by atoms with van der Waals surface area (Å²) in [7, 11) is 1.55. The first-order valence-electron chi connectivity index (χ1n) is 9.64. The molecule has 1 aliphatic heterocycles. The van der Waals surface area contributed by atoms with Crippen molar-refractivity contribution in [2.45, 2.75) is 39.0 Å². The topological polar surface area (TPSA) is 88.9 Å². The van der Waals surface area contributed by atoms with Gasteiger partial charge >= 0.3 is 5.63 Å². The number of likely N-dealkylation sites (tertiary alicyclic amines) is 1. The van der Waals surface area contributed by atoms with Gasteiger partial charge < -0.3 is 19.4 Å². The van der Waals surface area contributed by atoms with Crippen LogP contribution in [0.1, 0.15) is 36.8 Å². The van der Waals surface area contributed by atoms with Crippen LogP contribution in [0.3, 0.4) is 0 Å². The molecule has 0 bridgehead atoms. The second kappa shape index (κ2) is 8.91. The van der Waals surface area contributed by atoms with E-state index in [1.807, 2.05) is 24.0 Å². The lowest BCUT2D eigenvalue weighted by Crippen LogP contribution is -2.32. The molecule has 0 saturated carbocycles. The molecule has 2 aromatic rings. The molecule has 1 aliphatic rings. The van der Waals surface area contributed by atoms with Gasteiger partial charge in [0.05, 0.1) is 7.11 Å². The van der Waals surface area contributed by atoms with Crippen molar-refractivity contribution in [2.24, 2.45) is 0 Å². The standard InChI is InChI=1S/C21H26N2O5/c1-14-16-6-5-15(27-2)13-18(16)28-21(26)17(14)7-8-19(24)22-10-9-20(25)23-11-3-4-12-23/h5-6,13H,3-4,7-12H2,1-2H3,(H,22,24). The number of aryl methyl sites for hydroxylation is 1. The number of methoxy groups -OCH3 is 1. The average Bonchev–Trinajstić information content (AvgIpc) is 3.22. The predicted octanol–water partition coefficient (Wildman–Crippen LogP) is 2.17. The molecule has 0 radical (unpaired) electrons. The summed E-state index contributed by atoms with van der Waals surface area (Å²) < 4.78 is 10.6. The molecule has 150 valence electrons. The third kappa shape index (κ3) is 4.52. The number of carbonyl (C=O) groups is 2. The van der Waals surface area contributed by atoms with E-state index in [4.69, 9.17) is 9.15 Å². The Kier molecular flexibility index (Phi) is 6.34. The van der Waals surface area contributed by atoms with Crippen LogP contribution < -0.4 is 15.7 Å². The zero-order chi connectivity index (χ0) is 20.1. The number of rotatable bonds is 7. The van der Waals surface area contributed by atoms with Crippen molar-refractivity contribution in [1.82, 2.24) is 10.2 Å². The van der Waals surface area contributed by atoms with Gasteiger partial charge in [-0.1, -0.05) is 0 Å². The van der Waals surface area contributed by atoms with Crippen molar-refractivity contribution in [3.63, 3.8) is 0 Å². The number of amides is 2. The Balaban J connectivity index is 1.56. The predicted molar refractivity (Wildman–Crippen MR) is 106 cm³/mol. The maximum absolute atomic E-state index is 12.3. The summed E-state index contributed by atoms with van der Waals surface area (Å²) in [4.78, 5) is 38.2. The largest absolute Gasteiger partial charge is 0.497 e. The highest BCUT2D eigenvalue weighted by Crippen LogP contribution is 2.24. The van der Waals surface area contributed by atoms with E-state index in [1.165, 1.54) is 0 Å². The van der Waals surface area contributed by atoms with Gasteiger partial charge in [-0.15, -0.1) is 0 Å². The summed E-state index contributed by atoms with van der Waals surface area (Å²) in [6.45, 7) is 3.80. The molecule has 3 rings (SSSR count). The molecular weight excluding hydrogens is 360 g/mol. The Bertz CT molecular complexity index is 928. The van der Waals surface area contributed by atoms with Gasteiger partial charge in [0.25, 0.3) is 0 Å². The summed E-state index contributed by atoms with van der Waals surface area (Å²) >= 11 is 0. The van der Waals surface area contributed by atoms with E-state index >= 15 is 0 Å². The number of ether oxygens (including phenoxy) is 1. The van der Waals surface area contributed by atoms with Crippen LogP contribution in [0.15, 0.2) is 27.4 Å². The van der Waals surface area contributed by atoms with E-state index in [0.29, 0.717) is 36.3 Å². The first kappa shape index (κ1) is 19.9. The lowest BCUT2D eigenvalue weighted by Gasteiger charge is -2.15. The van der Waals surface area contributed by atoms with Crippen LogP contribution >= 0.6 is 0 Å². The Morgan fingerprint density at radius 3 is 2.68 bits per heavy atom. The van der Waals surface area contributed by atoms with Crippen molar-refractivity contribution in [1.29, 1.82) is 0 Å². The Morgan fingerprint density at radius 1 is 1.21 bits per heavy atom. The second-order valence-corrected chi connectivity index (χ2v) is 7.04. The van der Waals surface area contributed by atoms with Gasteiger partial charge in [-0.05, 0) is 43.9 Å². The average molecular weight is 386 g/mol. The minimum atomic E-state index is -0.435. The van der Waals surface area contributed by atoms with Crippen LogP contribution in [0, 0.1) is 6.92 Å². The summed E-state index contributed by atoms with van der Waals surface area (Å²) in [5.41, 5.74) is 1.35. The Hall–Kier alpha value is -2.83. The number of carbonyl (C=O) groups excluding carboxylic acids is 2.